The second kappa shape index (κ2) is 10.3. The molecule has 0 aromatic rings. The van der Waals surface area contributed by atoms with Crippen LogP contribution in [0.4, 0.5) is 0 Å². The van der Waals surface area contributed by atoms with Crippen molar-refractivity contribution in [2.24, 2.45) is 0 Å². The Morgan fingerprint density at radius 2 is 0.810 bits per heavy atom. The summed E-state index contributed by atoms with van der Waals surface area (Å²) < 4.78 is 62.6. The van der Waals surface area contributed by atoms with Gasteiger partial charge in [-0.1, -0.05) is 38.5 Å². The Balaban J connectivity index is 0.000000364. The van der Waals surface area contributed by atoms with Gasteiger partial charge in [0, 0.05) is 10.5 Å². The van der Waals surface area contributed by atoms with Crippen molar-refractivity contribution in [3.8, 4) is 0 Å². The van der Waals surface area contributed by atoms with Gasteiger partial charge in [0.15, 0.2) is 0 Å². The van der Waals surface area contributed by atoms with Crippen LogP contribution in [0.2, 0.25) is 0 Å². The molecule has 0 aromatic heterocycles. The second-order valence-corrected chi connectivity index (χ2v) is 8.81. The molecule has 0 radical (unpaired) electrons. The summed E-state index contributed by atoms with van der Waals surface area (Å²) in [7, 11) is -7.95. The van der Waals surface area contributed by atoms with Crippen molar-refractivity contribution in [3.63, 3.8) is 0 Å². The van der Waals surface area contributed by atoms with E-state index in [4.69, 9.17) is 0 Å². The first-order chi connectivity index (χ1) is 9.21. The number of hydrogen-bond acceptors (Lipinski definition) is 6. The third-order valence-electron chi connectivity index (χ3n) is 3.92. The van der Waals surface area contributed by atoms with Gasteiger partial charge >= 0.3 is 48.9 Å². The summed E-state index contributed by atoms with van der Waals surface area (Å²) in [5, 5.41) is -1.16. The molecule has 0 saturated heterocycles. The summed E-state index contributed by atoms with van der Waals surface area (Å²) in [5.74, 6) is 0. The van der Waals surface area contributed by atoms with Gasteiger partial charge in [0.1, 0.15) is 0 Å². The minimum absolute atomic E-state index is 0. The molecule has 120 valence electrons. The van der Waals surface area contributed by atoms with Crippen molar-refractivity contribution in [1.82, 2.24) is 0 Å². The largest absolute Gasteiger partial charge is 2.00 e. The molecule has 0 heterocycles. The minimum Gasteiger partial charge on any atom is -0.748 e. The molecular formula is C12H22BaO6S2. The Hall–Kier alpha value is 1.39. The molecule has 0 bridgehead atoms. The van der Waals surface area contributed by atoms with Crippen molar-refractivity contribution in [1.29, 1.82) is 0 Å². The van der Waals surface area contributed by atoms with E-state index in [-0.39, 0.29) is 48.9 Å². The summed E-state index contributed by atoms with van der Waals surface area (Å²) >= 11 is 0. The maximum Gasteiger partial charge on any atom is 2.00 e. The summed E-state index contributed by atoms with van der Waals surface area (Å²) in [6.07, 6.45) is 8.03. The summed E-state index contributed by atoms with van der Waals surface area (Å²) in [6.45, 7) is 0. The monoisotopic (exact) mass is 464 g/mol. The van der Waals surface area contributed by atoms with Crippen molar-refractivity contribution < 1.29 is 25.9 Å². The first-order valence-corrected chi connectivity index (χ1v) is 10.0. The average molecular weight is 464 g/mol. The fourth-order valence-corrected chi connectivity index (χ4v) is 4.53. The van der Waals surface area contributed by atoms with E-state index in [1.807, 2.05) is 0 Å². The van der Waals surface area contributed by atoms with Gasteiger partial charge in [-0.15, -0.1) is 0 Å². The van der Waals surface area contributed by atoms with Crippen molar-refractivity contribution in [2.75, 3.05) is 0 Å². The van der Waals surface area contributed by atoms with Gasteiger partial charge in [-0.2, -0.15) is 0 Å². The molecule has 2 aliphatic rings. The van der Waals surface area contributed by atoms with E-state index in [0.29, 0.717) is 25.7 Å². The van der Waals surface area contributed by atoms with E-state index in [1.165, 1.54) is 0 Å². The van der Waals surface area contributed by atoms with E-state index in [1.54, 1.807) is 0 Å². The molecule has 0 amide bonds. The van der Waals surface area contributed by atoms with Crippen molar-refractivity contribution in [2.45, 2.75) is 74.7 Å². The van der Waals surface area contributed by atoms with Crippen LogP contribution < -0.4 is 0 Å². The van der Waals surface area contributed by atoms with Crippen molar-refractivity contribution in [3.05, 3.63) is 0 Å². The zero-order valence-corrected chi connectivity index (χ0v) is 18.3. The van der Waals surface area contributed by atoms with Crippen LogP contribution in [-0.2, 0) is 20.2 Å². The Labute approximate surface area is 168 Å². The molecule has 0 spiro atoms. The zero-order valence-electron chi connectivity index (χ0n) is 12.2. The SMILES string of the molecule is O=S(=O)([O-])C1CCCCC1.O=S(=O)([O-])C1CCCCC1.[Ba+2]. The predicted molar refractivity (Wildman–Crippen MR) is 78.9 cm³/mol. The molecule has 0 aliphatic heterocycles. The molecule has 9 heteroatoms. The molecule has 2 aliphatic carbocycles. The molecule has 2 saturated carbocycles. The van der Waals surface area contributed by atoms with Gasteiger partial charge < -0.3 is 9.11 Å². The van der Waals surface area contributed by atoms with Crippen LogP contribution in [0.15, 0.2) is 0 Å². The normalized spacial score (nSPS) is 21.8. The van der Waals surface area contributed by atoms with Gasteiger partial charge in [-0.3, -0.25) is 0 Å². The molecule has 0 unspecified atom stereocenters. The summed E-state index contributed by atoms with van der Waals surface area (Å²) in [4.78, 5) is 0. The molecule has 0 atom stereocenters. The number of hydrogen-bond donors (Lipinski definition) is 0. The molecule has 0 N–H and O–H groups in total. The van der Waals surface area contributed by atoms with E-state index in [0.717, 1.165) is 38.5 Å². The maximum absolute atomic E-state index is 10.4. The molecule has 0 aromatic carbocycles. The van der Waals surface area contributed by atoms with Crippen LogP contribution in [0.3, 0.4) is 0 Å². The Bertz CT molecular complexity index is 430. The molecule has 6 nitrogen and oxygen atoms in total. The van der Waals surface area contributed by atoms with Crippen LogP contribution in [0.25, 0.3) is 0 Å². The Morgan fingerprint density at radius 1 is 0.571 bits per heavy atom. The Kier molecular flexibility index (Phi) is 11.0. The third kappa shape index (κ3) is 9.31. The smallest absolute Gasteiger partial charge is 0.748 e. The van der Waals surface area contributed by atoms with Gasteiger partial charge in [0.2, 0.25) is 0 Å². The Morgan fingerprint density at radius 3 is 0.952 bits per heavy atom. The first kappa shape index (κ1) is 22.4. The quantitative estimate of drug-likeness (QED) is 0.451. The molecular weight excluding hydrogens is 442 g/mol. The zero-order chi connectivity index (χ0) is 15.2. The van der Waals surface area contributed by atoms with Gasteiger partial charge in [0.05, 0.1) is 20.2 Å². The second-order valence-electron chi connectivity index (χ2n) is 5.51. The van der Waals surface area contributed by atoms with Gasteiger partial charge in [-0.05, 0) is 25.7 Å². The standard InChI is InChI=1S/2C6H12O3S.Ba/c2*7-10(8,9)6-4-2-1-3-5-6;/h2*6H,1-5H2,(H,7,8,9);/q;;+2/p-2. The number of rotatable bonds is 2. The predicted octanol–water partition coefficient (Wildman–Crippen LogP) is 1.35. The van der Waals surface area contributed by atoms with Gasteiger partial charge in [-0.25, -0.2) is 16.8 Å². The summed E-state index contributed by atoms with van der Waals surface area (Å²) in [6, 6.07) is 0. The van der Waals surface area contributed by atoms with E-state index < -0.39 is 30.7 Å². The topological polar surface area (TPSA) is 114 Å². The third-order valence-corrected chi connectivity index (χ3v) is 6.50. The fraction of sp³-hybridized carbons (Fsp3) is 1.00. The molecule has 21 heavy (non-hydrogen) atoms. The molecule has 2 fully saturated rings. The minimum atomic E-state index is -3.98. The van der Waals surface area contributed by atoms with Crippen LogP contribution in [0.5, 0.6) is 0 Å². The summed E-state index contributed by atoms with van der Waals surface area (Å²) in [5.41, 5.74) is 0. The van der Waals surface area contributed by atoms with Gasteiger partial charge in [0.25, 0.3) is 0 Å². The van der Waals surface area contributed by atoms with Crippen LogP contribution in [-0.4, -0.2) is 85.3 Å². The van der Waals surface area contributed by atoms with Crippen LogP contribution >= 0.6 is 0 Å². The van der Waals surface area contributed by atoms with Crippen LogP contribution in [0, 0.1) is 0 Å². The van der Waals surface area contributed by atoms with Crippen molar-refractivity contribution >= 4 is 69.1 Å². The van der Waals surface area contributed by atoms with E-state index in [2.05, 4.69) is 0 Å². The molecule has 2 rings (SSSR count). The van der Waals surface area contributed by atoms with Crippen LogP contribution in [0.1, 0.15) is 64.2 Å². The fourth-order valence-electron chi connectivity index (χ4n) is 2.71. The van der Waals surface area contributed by atoms with E-state index in [9.17, 15) is 25.9 Å². The van der Waals surface area contributed by atoms with E-state index >= 15 is 0 Å². The maximum atomic E-state index is 10.4. The average Bonchev–Trinajstić information content (AvgIpc) is 2.40. The first-order valence-electron chi connectivity index (χ1n) is 7.10.